The van der Waals surface area contributed by atoms with E-state index in [9.17, 15) is 0 Å². The second-order valence-corrected chi connectivity index (χ2v) is 16.6. The van der Waals surface area contributed by atoms with Crippen molar-refractivity contribution in [1.82, 2.24) is 29.1 Å². The number of imidazole rings is 1. The fourth-order valence-electron chi connectivity index (χ4n) is 9.77. The summed E-state index contributed by atoms with van der Waals surface area (Å²) in [5.41, 5.74) is 17.2. The zero-order valence-corrected chi connectivity index (χ0v) is 35.1. The average Bonchev–Trinajstić information content (AvgIpc) is 4.06. The van der Waals surface area contributed by atoms with E-state index in [1.54, 1.807) is 0 Å². The van der Waals surface area contributed by atoms with Crippen LogP contribution in [0.5, 0.6) is 0 Å². The van der Waals surface area contributed by atoms with Crippen molar-refractivity contribution in [1.29, 1.82) is 0 Å². The summed E-state index contributed by atoms with van der Waals surface area (Å²) in [4.78, 5) is 18.8. The lowest BCUT2D eigenvalue weighted by Crippen LogP contribution is -1.98. The van der Waals surface area contributed by atoms with Crippen LogP contribution in [0.25, 0.3) is 122 Å². The number of nitrogens with zero attached hydrogens (tertiary/aromatic N) is 5. The Balaban J connectivity index is 1.10. The predicted molar refractivity (Wildman–Crippen MR) is 268 cm³/mol. The highest BCUT2D eigenvalue weighted by Crippen LogP contribution is 2.43. The number of hydrogen-bond acceptors (Lipinski definition) is 3. The molecule has 65 heavy (non-hydrogen) atoms. The van der Waals surface area contributed by atoms with Gasteiger partial charge in [0, 0.05) is 62.5 Å². The number of nitrogens with one attached hydrogen (secondary N) is 1. The third-order valence-electron chi connectivity index (χ3n) is 12.9. The highest BCUT2D eigenvalue weighted by atomic mass is 15.1. The molecule has 0 aliphatic heterocycles. The standard InChI is InChI=1S/C59H38N6/c1-3-12-38(13-4-1)40-21-25-45(26-22-40)64-55-37-44(41-29-32-60-33-30-41)34-51(58(55)63-59(64)50-18-11-17-49-46-16-7-8-19-52(46)62-57(49)50)43-24-28-48-47-27-23-42(39-14-5-2-6-15-39)35-53(47)65(54(48)36-43)56-20-9-10-31-61-56/h1-37,62H. The SMILES string of the molecule is c1ccc(-c2ccc(-n3c(-c4cccc5c4[nH]c4ccccc45)nc4c(-c5ccc6c7ccc(-c8ccccc8)cc7n(-c7ccccn7)c6c5)cc(-c5ccncc5)cc43)cc2)cc1. The minimum atomic E-state index is 0.856. The molecule has 0 fully saturated rings. The van der Waals surface area contributed by atoms with Gasteiger partial charge in [0.1, 0.15) is 11.6 Å². The third kappa shape index (κ3) is 6.07. The van der Waals surface area contributed by atoms with E-state index in [-0.39, 0.29) is 0 Å². The van der Waals surface area contributed by atoms with Gasteiger partial charge in [-0.1, -0.05) is 133 Å². The molecule has 0 bridgehead atoms. The monoisotopic (exact) mass is 830 g/mol. The first-order valence-electron chi connectivity index (χ1n) is 21.9. The number of rotatable bonds is 7. The van der Waals surface area contributed by atoms with Gasteiger partial charge in [-0.2, -0.15) is 0 Å². The van der Waals surface area contributed by atoms with Gasteiger partial charge in [0.05, 0.1) is 27.6 Å². The molecular formula is C59H38N6. The fraction of sp³-hybridized carbons (Fsp3) is 0. The molecule has 0 saturated heterocycles. The first kappa shape index (κ1) is 36.8. The minimum Gasteiger partial charge on any atom is -0.354 e. The Morgan fingerprint density at radius 3 is 1.74 bits per heavy atom. The molecular weight excluding hydrogens is 793 g/mol. The first-order chi connectivity index (χ1) is 32.2. The van der Waals surface area contributed by atoms with Crippen LogP contribution in [0.1, 0.15) is 0 Å². The lowest BCUT2D eigenvalue weighted by Gasteiger charge is -2.13. The fourth-order valence-corrected chi connectivity index (χ4v) is 9.77. The van der Waals surface area contributed by atoms with Gasteiger partial charge in [-0.05, 0) is 112 Å². The van der Waals surface area contributed by atoms with Crippen molar-refractivity contribution in [2.75, 3.05) is 0 Å². The molecule has 0 aliphatic rings. The predicted octanol–water partition coefficient (Wildman–Crippen LogP) is 14.9. The molecule has 0 unspecified atom stereocenters. The largest absolute Gasteiger partial charge is 0.354 e. The maximum atomic E-state index is 5.73. The van der Waals surface area contributed by atoms with Gasteiger partial charge in [0.25, 0.3) is 0 Å². The van der Waals surface area contributed by atoms with Crippen LogP contribution in [0.15, 0.2) is 225 Å². The topological polar surface area (TPSA) is 64.3 Å². The Morgan fingerprint density at radius 1 is 0.369 bits per heavy atom. The average molecular weight is 831 g/mol. The number of hydrogen-bond donors (Lipinski definition) is 1. The molecule has 6 heteroatoms. The highest BCUT2D eigenvalue weighted by Gasteiger charge is 2.23. The molecule has 8 aromatic carbocycles. The molecule has 0 amide bonds. The first-order valence-corrected chi connectivity index (χ1v) is 21.9. The summed E-state index contributed by atoms with van der Waals surface area (Å²) in [6, 6.07) is 73.5. The number of aromatic amines is 1. The summed E-state index contributed by atoms with van der Waals surface area (Å²) in [5, 5.41) is 4.68. The molecule has 0 spiro atoms. The molecule has 13 aromatic rings. The van der Waals surface area contributed by atoms with E-state index < -0.39 is 0 Å². The summed E-state index contributed by atoms with van der Waals surface area (Å²) in [5.74, 6) is 1.72. The van der Waals surface area contributed by atoms with Crippen LogP contribution in [0.3, 0.4) is 0 Å². The maximum Gasteiger partial charge on any atom is 0.147 e. The van der Waals surface area contributed by atoms with Gasteiger partial charge in [-0.25, -0.2) is 9.97 Å². The van der Waals surface area contributed by atoms with E-state index in [0.29, 0.717) is 0 Å². The molecule has 5 aromatic heterocycles. The Hall–Kier alpha value is -8.87. The van der Waals surface area contributed by atoms with Gasteiger partial charge >= 0.3 is 0 Å². The van der Waals surface area contributed by atoms with Crippen LogP contribution in [-0.4, -0.2) is 29.1 Å². The van der Waals surface area contributed by atoms with Crippen LogP contribution >= 0.6 is 0 Å². The summed E-state index contributed by atoms with van der Waals surface area (Å²) in [6.45, 7) is 0. The number of benzene rings is 8. The van der Waals surface area contributed by atoms with Crippen molar-refractivity contribution >= 4 is 54.6 Å². The second-order valence-electron chi connectivity index (χ2n) is 16.6. The van der Waals surface area contributed by atoms with Crippen LogP contribution in [0, 0.1) is 0 Å². The Labute approximate surface area is 374 Å². The molecule has 304 valence electrons. The number of aromatic nitrogens is 6. The van der Waals surface area contributed by atoms with E-state index in [1.807, 2.05) is 24.7 Å². The highest BCUT2D eigenvalue weighted by molar-refractivity contribution is 6.14. The van der Waals surface area contributed by atoms with Gasteiger partial charge < -0.3 is 4.98 Å². The van der Waals surface area contributed by atoms with Gasteiger partial charge in [0.2, 0.25) is 0 Å². The molecule has 0 aliphatic carbocycles. The van der Waals surface area contributed by atoms with Gasteiger partial charge in [0.15, 0.2) is 0 Å². The molecule has 13 rings (SSSR count). The van der Waals surface area contributed by atoms with Crippen molar-refractivity contribution in [2.24, 2.45) is 0 Å². The molecule has 6 nitrogen and oxygen atoms in total. The van der Waals surface area contributed by atoms with Gasteiger partial charge in [-0.15, -0.1) is 0 Å². The Bertz CT molecular complexity index is 3910. The lowest BCUT2D eigenvalue weighted by atomic mass is 9.96. The van der Waals surface area contributed by atoms with Crippen LogP contribution in [0.4, 0.5) is 0 Å². The Kier molecular flexibility index (Phi) is 8.42. The zero-order valence-electron chi connectivity index (χ0n) is 35.1. The maximum absolute atomic E-state index is 5.73. The summed E-state index contributed by atoms with van der Waals surface area (Å²) in [6.07, 6.45) is 5.59. The van der Waals surface area contributed by atoms with E-state index in [0.717, 1.165) is 100 Å². The van der Waals surface area contributed by atoms with Crippen molar-refractivity contribution in [3.8, 4) is 67.4 Å². The van der Waals surface area contributed by atoms with Crippen molar-refractivity contribution in [3.63, 3.8) is 0 Å². The smallest absolute Gasteiger partial charge is 0.147 e. The number of H-pyrrole nitrogens is 1. The van der Waals surface area contributed by atoms with E-state index >= 15 is 0 Å². The lowest BCUT2D eigenvalue weighted by molar-refractivity contribution is 1.08. The quantitative estimate of drug-likeness (QED) is 0.174. The minimum absolute atomic E-state index is 0.856. The number of para-hydroxylation sites is 2. The van der Waals surface area contributed by atoms with E-state index in [4.69, 9.17) is 9.97 Å². The zero-order chi connectivity index (χ0) is 42.8. The summed E-state index contributed by atoms with van der Waals surface area (Å²) < 4.78 is 4.65. The van der Waals surface area contributed by atoms with Crippen molar-refractivity contribution in [3.05, 3.63) is 225 Å². The van der Waals surface area contributed by atoms with E-state index in [1.165, 1.54) is 21.9 Å². The van der Waals surface area contributed by atoms with E-state index in [2.05, 4.69) is 219 Å². The third-order valence-corrected chi connectivity index (χ3v) is 12.9. The Morgan fingerprint density at radius 2 is 0.985 bits per heavy atom. The molecule has 0 saturated carbocycles. The van der Waals surface area contributed by atoms with Crippen LogP contribution in [0.2, 0.25) is 0 Å². The molecule has 0 radical (unpaired) electrons. The molecule has 5 heterocycles. The molecule has 0 atom stereocenters. The normalized spacial score (nSPS) is 11.7. The molecule has 1 N–H and O–H groups in total. The number of fused-ring (bicyclic) bond motifs is 7. The van der Waals surface area contributed by atoms with Crippen LogP contribution < -0.4 is 0 Å². The number of pyridine rings is 2. The van der Waals surface area contributed by atoms with Gasteiger partial charge in [-0.3, -0.25) is 14.1 Å². The van der Waals surface area contributed by atoms with Crippen molar-refractivity contribution < 1.29 is 0 Å². The summed E-state index contributed by atoms with van der Waals surface area (Å²) >= 11 is 0. The second kappa shape index (κ2) is 14.9. The summed E-state index contributed by atoms with van der Waals surface area (Å²) in [7, 11) is 0. The van der Waals surface area contributed by atoms with Crippen LogP contribution in [-0.2, 0) is 0 Å². The van der Waals surface area contributed by atoms with Crippen molar-refractivity contribution in [2.45, 2.75) is 0 Å².